The second-order valence-electron chi connectivity index (χ2n) is 4.27. The Labute approximate surface area is 132 Å². The number of nitro benzene ring substituents is 1. The molecular weight excluding hydrogens is 304 g/mol. The number of nitrogens with one attached hydrogen (secondary N) is 1. The molecule has 0 saturated heterocycles. The zero-order chi connectivity index (χ0) is 17.6. The maximum atomic E-state index is 11.3. The van der Waals surface area contributed by atoms with E-state index in [1.54, 1.807) is 0 Å². The predicted molar refractivity (Wildman–Crippen MR) is 82.9 cm³/mol. The number of nitro groups is 1. The van der Waals surface area contributed by atoms with Gasteiger partial charge < -0.3 is 14.2 Å². The summed E-state index contributed by atoms with van der Waals surface area (Å²) >= 11 is 0. The molecule has 0 bridgehead atoms. The van der Waals surface area contributed by atoms with E-state index in [0.29, 0.717) is 0 Å². The molecule has 0 saturated carbocycles. The molecule has 8 nitrogen and oxygen atoms in total. The van der Waals surface area contributed by atoms with Crippen LogP contribution in [-0.2, 0) is 9.53 Å². The molecule has 0 amide bonds. The number of nitrogens with zero attached hydrogens (tertiary/aromatic N) is 1. The first-order valence-corrected chi connectivity index (χ1v) is 6.42. The van der Waals surface area contributed by atoms with Crippen LogP contribution in [0.3, 0.4) is 0 Å². The second kappa shape index (κ2) is 7.74. The van der Waals surface area contributed by atoms with E-state index in [-0.39, 0.29) is 28.6 Å². The van der Waals surface area contributed by atoms with Crippen molar-refractivity contribution >= 4 is 17.6 Å². The number of esters is 1. The number of carbonyl (C=O) groups excluding carboxylic acids is 1. The van der Waals surface area contributed by atoms with Gasteiger partial charge in [-0.3, -0.25) is 15.5 Å². The smallest absolute Gasteiger partial charge is 0.330 e. The topological polar surface area (TPSA) is 112 Å². The van der Waals surface area contributed by atoms with Crippen molar-refractivity contribution in [3.05, 3.63) is 53.1 Å². The average molecular weight is 320 g/mol. The third-order valence-corrected chi connectivity index (χ3v) is 2.81. The molecule has 0 fully saturated rings. The summed E-state index contributed by atoms with van der Waals surface area (Å²) < 4.78 is 15.2. The van der Waals surface area contributed by atoms with Gasteiger partial charge in [0.2, 0.25) is 5.90 Å². The Morgan fingerprint density at radius 2 is 2.00 bits per heavy atom. The Balaban J connectivity index is 3.37. The molecule has 1 aromatic rings. The third kappa shape index (κ3) is 4.40. The molecule has 1 rings (SSSR count). The molecular formula is C15H16N2O6. The molecule has 0 radical (unpaired) electrons. The number of rotatable bonds is 7. The quantitative estimate of drug-likeness (QED) is 0.206. The number of methoxy groups -OCH3 is 1. The lowest BCUT2D eigenvalue weighted by molar-refractivity contribution is -0.386. The summed E-state index contributed by atoms with van der Waals surface area (Å²) in [4.78, 5) is 21.9. The van der Waals surface area contributed by atoms with Crippen LogP contribution >= 0.6 is 0 Å². The fourth-order valence-electron chi connectivity index (χ4n) is 1.73. The largest absolute Gasteiger partial charge is 0.493 e. The van der Waals surface area contributed by atoms with Gasteiger partial charge in [0.1, 0.15) is 6.10 Å². The minimum atomic E-state index is -0.900. The SMILES string of the molecule is C=CC(=N)Oc1cc([N+](=O)[O-])c(C(C)OC(=O)C=C)cc1OC. The van der Waals surface area contributed by atoms with Crippen LogP contribution in [0.4, 0.5) is 5.69 Å². The Kier molecular flexibility index (Phi) is 6.02. The lowest BCUT2D eigenvalue weighted by Crippen LogP contribution is -2.10. The van der Waals surface area contributed by atoms with Crippen LogP contribution in [0.5, 0.6) is 11.5 Å². The Morgan fingerprint density at radius 3 is 2.48 bits per heavy atom. The standard InChI is InChI=1S/C15H16N2O6/c1-5-14(16)23-13-8-11(17(19)20)10(7-12(13)21-4)9(3)22-15(18)6-2/h5-9,16H,1-2H2,3-4H3. The monoisotopic (exact) mass is 320 g/mol. The van der Waals surface area contributed by atoms with E-state index in [2.05, 4.69) is 13.2 Å². The van der Waals surface area contributed by atoms with Crippen LogP contribution in [0.25, 0.3) is 0 Å². The van der Waals surface area contributed by atoms with E-state index in [0.717, 1.165) is 18.2 Å². The van der Waals surface area contributed by atoms with Crippen LogP contribution < -0.4 is 9.47 Å². The first-order valence-electron chi connectivity index (χ1n) is 6.42. The highest BCUT2D eigenvalue weighted by Crippen LogP contribution is 2.38. The van der Waals surface area contributed by atoms with Crippen LogP contribution in [0.15, 0.2) is 37.4 Å². The molecule has 1 aromatic carbocycles. The summed E-state index contributed by atoms with van der Waals surface area (Å²) in [7, 11) is 1.34. The Hall–Kier alpha value is -3.16. The normalized spacial score (nSPS) is 11.0. The highest BCUT2D eigenvalue weighted by Gasteiger charge is 2.25. The highest BCUT2D eigenvalue weighted by molar-refractivity contribution is 5.86. The molecule has 0 aliphatic rings. The molecule has 0 aliphatic heterocycles. The summed E-state index contributed by atoms with van der Waals surface area (Å²) in [5.41, 5.74) is -0.207. The van der Waals surface area contributed by atoms with Gasteiger partial charge in [-0.2, -0.15) is 0 Å². The highest BCUT2D eigenvalue weighted by atomic mass is 16.6. The number of ether oxygens (including phenoxy) is 3. The summed E-state index contributed by atoms with van der Waals surface area (Å²) in [5.74, 6) is -0.871. The Morgan fingerprint density at radius 1 is 1.35 bits per heavy atom. The Bertz CT molecular complexity index is 668. The van der Waals surface area contributed by atoms with Crippen molar-refractivity contribution in [1.29, 1.82) is 5.41 Å². The van der Waals surface area contributed by atoms with Crippen LogP contribution in [-0.4, -0.2) is 23.9 Å². The van der Waals surface area contributed by atoms with Crippen molar-refractivity contribution < 1.29 is 23.9 Å². The number of carbonyl (C=O) groups is 1. The molecule has 8 heteroatoms. The second-order valence-corrected chi connectivity index (χ2v) is 4.27. The molecule has 1 atom stereocenters. The summed E-state index contributed by atoms with van der Waals surface area (Å²) in [6, 6.07) is 2.43. The van der Waals surface area contributed by atoms with E-state index in [9.17, 15) is 14.9 Å². The number of benzene rings is 1. The van der Waals surface area contributed by atoms with Gasteiger partial charge in [-0.05, 0) is 19.1 Å². The minimum absolute atomic E-state index is 0.0184. The lowest BCUT2D eigenvalue weighted by atomic mass is 10.1. The fourth-order valence-corrected chi connectivity index (χ4v) is 1.73. The number of hydrogen-bond acceptors (Lipinski definition) is 7. The van der Waals surface area contributed by atoms with Gasteiger partial charge in [0, 0.05) is 6.08 Å². The minimum Gasteiger partial charge on any atom is -0.493 e. The van der Waals surface area contributed by atoms with E-state index in [1.807, 2.05) is 0 Å². The summed E-state index contributed by atoms with van der Waals surface area (Å²) in [5, 5.41) is 18.7. The molecule has 122 valence electrons. The zero-order valence-corrected chi connectivity index (χ0v) is 12.7. The average Bonchev–Trinajstić information content (AvgIpc) is 2.53. The van der Waals surface area contributed by atoms with E-state index < -0.39 is 17.0 Å². The summed E-state index contributed by atoms with van der Waals surface area (Å²) in [6.45, 7) is 8.12. The van der Waals surface area contributed by atoms with Gasteiger partial charge in [-0.15, -0.1) is 0 Å². The fraction of sp³-hybridized carbons (Fsp3) is 0.200. The molecule has 1 unspecified atom stereocenters. The molecule has 0 aliphatic carbocycles. The van der Waals surface area contributed by atoms with Crippen molar-refractivity contribution in [3.63, 3.8) is 0 Å². The molecule has 0 heterocycles. The summed E-state index contributed by atoms with van der Waals surface area (Å²) in [6.07, 6.45) is 1.19. The van der Waals surface area contributed by atoms with Gasteiger partial charge in [0.25, 0.3) is 5.69 Å². The van der Waals surface area contributed by atoms with Gasteiger partial charge in [0.15, 0.2) is 11.5 Å². The van der Waals surface area contributed by atoms with Gasteiger partial charge >= 0.3 is 5.97 Å². The van der Waals surface area contributed by atoms with Gasteiger partial charge in [-0.1, -0.05) is 13.2 Å². The van der Waals surface area contributed by atoms with Crippen molar-refractivity contribution in [3.8, 4) is 11.5 Å². The van der Waals surface area contributed by atoms with Crippen molar-refractivity contribution in [2.45, 2.75) is 13.0 Å². The first-order chi connectivity index (χ1) is 10.8. The van der Waals surface area contributed by atoms with Crippen molar-refractivity contribution in [2.75, 3.05) is 7.11 Å². The third-order valence-electron chi connectivity index (χ3n) is 2.81. The zero-order valence-electron chi connectivity index (χ0n) is 12.7. The molecule has 23 heavy (non-hydrogen) atoms. The van der Waals surface area contributed by atoms with Crippen molar-refractivity contribution in [2.24, 2.45) is 0 Å². The number of hydrogen-bond donors (Lipinski definition) is 1. The van der Waals surface area contributed by atoms with Crippen LogP contribution in [0, 0.1) is 15.5 Å². The van der Waals surface area contributed by atoms with Gasteiger partial charge in [0.05, 0.1) is 23.7 Å². The van der Waals surface area contributed by atoms with Gasteiger partial charge in [-0.25, -0.2) is 4.79 Å². The lowest BCUT2D eigenvalue weighted by Gasteiger charge is -2.16. The maximum absolute atomic E-state index is 11.3. The van der Waals surface area contributed by atoms with E-state index in [4.69, 9.17) is 19.6 Å². The molecule has 0 spiro atoms. The van der Waals surface area contributed by atoms with Crippen LogP contribution in [0.1, 0.15) is 18.6 Å². The predicted octanol–water partition coefficient (Wildman–Crippen LogP) is 2.94. The van der Waals surface area contributed by atoms with Crippen molar-refractivity contribution in [1.82, 2.24) is 0 Å². The maximum Gasteiger partial charge on any atom is 0.330 e. The first kappa shape index (κ1) is 17.9. The molecule has 1 N–H and O–H groups in total. The van der Waals surface area contributed by atoms with E-state index in [1.165, 1.54) is 20.1 Å². The van der Waals surface area contributed by atoms with E-state index >= 15 is 0 Å². The molecule has 0 aromatic heterocycles. The van der Waals surface area contributed by atoms with Crippen LogP contribution in [0.2, 0.25) is 0 Å².